The molecule has 1 aliphatic heterocycles. The lowest BCUT2D eigenvalue weighted by molar-refractivity contribution is -0.141. The molecule has 0 saturated carbocycles. The highest BCUT2D eigenvalue weighted by molar-refractivity contribution is 6.25. The zero-order chi connectivity index (χ0) is 25.7. The number of carbonyl (C=O) groups is 3. The van der Waals surface area contributed by atoms with Crippen LogP contribution in [0.3, 0.4) is 0 Å². The molecule has 0 unspecified atom stereocenters. The summed E-state index contributed by atoms with van der Waals surface area (Å²) >= 11 is 0. The molecule has 1 atom stereocenters. The van der Waals surface area contributed by atoms with Crippen molar-refractivity contribution in [2.45, 2.75) is 52.6 Å². The van der Waals surface area contributed by atoms with Crippen LogP contribution in [0.1, 0.15) is 56.0 Å². The smallest absolute Gasteiger partial charge is 0.258 e. The van der Waals surface area contributed by atoms with Crippen molar-refractivity contribution < 1.29 is 14.4 Å². The number of nitrogens with zero attached hydrogens (tertiary/aromatic N) is 2. The molecule has 36 heavy (non-hydrogen) atoms. The number of benzene rings is 3. The second-order valence-corrected chi connectivity index (χ2v) is 9.81. The lowest BCUT2D eigenvalue weighted by Gasteiger charge is -2.31. The first-order chi connectivity index (χ1) is 17.4. The number of carbonyl (C=O) groups excluding carboxylic acids is 3. The molecule has 0 bridgehead atoms. The third-order valence-electron chi connectivity index (χ3n) is 6.69. The quantitative estimate of drug-likeness (QED) is 0.408. The van der Waals surface area contributed by atoms with E-state index >= 15 is 0 Å². The summed E-state index contributed by atoms with van der Waals surface area (Å²) in [6, 6.07) is 20.9. The molecule has 0 aromatic heterocycles. The van der Waals surface area contributed by atoms with Crippen molar-refractivity contribution in [2.75, 3.05) is 18.0 Å². The van der Waals surface area contributed by atoms with Crippen LogP contribution >= 0.6 is 0 Å². The van der Waals surface area contributed by atoms with Gasteiger partial charge < -0.3 is 15.1 Å². The average Bonchev–Trinajstić information content (AvgIpc) is 3.16. The van der Waals surface area contributed by atoms with Crippen LogP contribution in [0.2, 0.25) is 0 Å². The van der Waals surface area contributed by atoms with E-state index in [2.05, 4.69) is 5.32 Å². The second kappa shape index (κ2) is 11.4. The van der Waals surface area contributed by atoms with Crippen molar-refractivity contribution >= 4 is 34.2 Å². The summed E-state index contributed by atoms with van der Waals surface area (Å²) < 4.78 is 0. The standard InChI is InChI=1S/C30H35N3O3/c1-4-25(29(35)31-19-21(2)3)33(20-22-11-6-5-7-12-22)27(34)17-10-18-32-26-16-9-14-23-13-8-15-24(28(23)26)30(32)36/h5-9,11-16,21,25H,4,10,17-20H2,1-3H3,(H,31,35)/t25-/m1/s1. The molecule has 1 heterocycles. The molecule has 3 amide bonds. The van der Waals surface area contributed by atoms with Crippen LogP contribution in [-0.4, -0.2) is 41.8 Å². The predicted molar refractivity (Wildman–Crippen MR) is 144 cm³/mol. The first-order valence-electron chi connectivity index (χ1n) is 12.9. The molecule has 3 aromatic rings. The highest BCUT2D eigenvalue weighted by atomic mass is 16.2. The maximum atomic E-state index is 13.5. The van der Waals surface area contributed by atoms with Crippen LogP contribution in [0, 0.1) is 5.92 Å². The summed E-state index contributed by atoms with van der Waals surface area (Å²) in [6.07, 6.45) is 1.31. The molecular weight excluding hydrogens is 450 g/mol. The van der Waals surface area contributed by atoms with E-state index in [0.29, 0.717) is 44.0 Å². The number of anilines is 1. The van der Waals surface area contributed by atoms with Crippen LogP contribution in [-0.2, 0) is 16.1 Å². The van der Waals surface area contributed by atoms with E-state index in [1.54, 1.807) is 9.80 Å². The Bertz CT molecular complexity index is 1230. The fourth-order valence-electron chi connectivity index (χ4n) is 4.86. The minimum Gasteiger partial charge on any atom is -0.354 e. The molecule has 6 nitrogen and oxygen atoms in total. The van der Waals surface area contributed by atoms with Gasteiger partial charge in [0, 0.05) is 37.0 Å². The van der Waals surface area contributed by atoms with Crippen molar-refractivity contribution in [2.24, 2.45) is 5.92 Å². The molecule has 0 aliphatic carbocycles. The van der Waals surface area contributed by atoms with Gasteiger partial charge in [0.05, 0.1) is 5.69 Å². The number of hydrogen-bond donors (Lipinski definition) is 1. The molecule has 0 spiro atoms. The normalized spacial score (nSPS) is 13.3. The minimum absolute atomic E-state index is 0.0186. The van der Waals surface area contributed by atoms with Gasteiger partial charge >= 0.3 is 0 Å². The molecule has 0 saturated heterocycles. The van der Waals surface area contributed by atoms with Crippen LogP contribution in [0.5, 0.6) is 0 Å². The molecule has 6 heteroatoms. The number of hydrogen-bond acceptors (Lipinski definition) is 3. The van der Waals surface area contributed by atoms with Gasteiger partial charge in [-0.15, -0.1) is 0 Å². The first kappa shape index (κ1) is 25.4. The van der Waals surface area contributed by atoms with E-state index in [-0.39, 0.29) is 24.1 Å². The van der Waals surface area contributed by atoms with Crippen LogP contribution < -0.4 is 10.2 Å². The third kappa shape index (κ3) is 5.43. The second-order valence-electron chi connectivity index (χ2n) is 9.81. The Kier molecular flexibility index (Phi) is 8.04. The lowest BCUT2D eigenvalue weighted by atomic mass is 10.1. The summed E-state index contributed by atoms with van der Waals surface area (Å²) in [6.45, 7) is 7.44. The molecular formula is C30H35N3O3. The minimum atomic E-state index is -0.539. The van der Waals surface area contributed by atoms with Gasteiger partial charge in [0.2, 0.25) is 11.8 Å². The van der Waals surface area contributed by atoms with E-state index in [1.165, 1.54) is 0 Å². The summed E-state index contributed by atoms with van der Waals surface area (Å²) in [5, 5.41) is 5.02. The van der Waals surface area contributed by atoms with Crippen molar-refractivity contribution in [3.8, 4) is 0 Å². The zero-order valence-corrected chi connectivity index (χ0v) is 21.4. The Morgan fingerprint density at radius 1 is 0.972 bits per heavy atom. The van der Waals surface area contributed by atoms with Crippen LogP contribution in [0.4, 0.5) is 5.69 Å². The van der Waals surface area contributed by atoms with Gasteiger partial charge in [-0.1, -0.05) is 75.4 Å². The zero-order valence-electron chi connectivity index (χ0n) is 21.4. The Morgan fingerprint density at radius 2 is 1.69 bits per heavy atom. The first-order valence-corrected chi connectivity index (χ1v) is 12.9. The van der Waals surface area contributed by atoms with E-state index in [0.717, 1.165) is 22.0 Å². The van der Waals surface area contributed by atoms with Crippen molar-refractivity contribution in [1.29, 1.82) is 0 Å². The van der Waals surface area contributed by atoms with Gasteiger partial charge in [0.15, 0.2) is 0 Å². The van der Waals surface area contributed by atoms with Crippen molar-refractivity contribution in [3.63, 3.8) is 0 Å². The van der Waals surface area contributed by atoms with E-state index < -0.39 is 6.04 Å². The van der Waals surface area contributed by atoms with Gasteiger partial charge in [-0.05, 0) is 41.8 Å². The number of rotatable bonds is 11. The predicted octanol–water partition coefficient (Wildman–Crippen LogP) is 5.16. The number of amides is 3. The largest absolute Gasteiger partial charge is 0.354 e. The van der Waals surface area contributed by atoms with Gasteiger partial charge in [0.1, 0.15) is 6.04 Å². The van der Waals surface area contributed by atoms with Gasteiger partial charge in [-0.3, -0.25) is 14.4 Å². The Labute approximate surface area is 213 Å². The fourth-order valence-corrected chi connectivity index (χ4v) is 4.86. The summed E-state index contributed by atoms with van der Waals surface area (Å²) in [7, 11) is 0. The Balaban J connectivity index is 1.46. The highest BCUT2D eigenvalue weighted by Crippen LogP contribution is 2.37. The maximum Gasteiger partial charge on any atom is 0.258 e. The molecule has 0 fully saturated rings. The highest BCUT2D eigenvalue weighted by Gasteiger charge is 2.31. The topological polar surface area (TPSA) is 69.7 Å². The molecule has 1 N–H and O–H groups in total. The monoisotopic (exact) mass is 485 g/mol. The Morgan fingerprint density at radius 3 is 2.39 bits per heavy atom. The van der Waals surface area contributed by atoms with Crippen LogP contribution in [0.15, 0.2) is 66.7 Å². The fraction of sp³-hybridized carbons (Fsp3) is 0.367. The van der Waals surface area contributed by atoms with E-state index in [9.17, 15) is 14.4 Å². The van der Waals surface area contributed by atoms with Gasteiger partial charge in [-0.25, -0.2) is 0 Å². The summed E-state index contributed by atoms with van der Waals surface area (Å²) in [4.78, 5) is 43.1. The molecule has 0 radical (unpaired) electrons. The van der Waals surface area contributed by atoms with Crippen molar-refractivity contribution in [3.05, 3.63) is 77.9 Å². The molecule has 1 aliphatic rings. The summed E-state index contributed by atoms with van der Waals surface area (Å²) in [5.74, 6) is 0.117. The SMILES string of the molecule is CC[C@H](C(=O)NCC(C)C)N(Cc1ccccc1)C(=O)CCCN1C(=O)c2cccc3cccc1c23. The molecule has 4 rings (SSSR count). The number of nitrogens with one attached hydrogen (secondary N) is 1. The maximum absolute atomic E-state index is 13.5. The van der Waals surface area contributed by atoms with Crippen LogP contribution in [0.25, 0.3) is 10.8 Å². The average molecular weight is 486 g/mol. The Hall–Kier alpha value is -3.67. The summed E-state index contributed by atoms with van der Waals surface area (Å²) in [5.41, 5.74) is 2.60. The van der Waals surface area contributed by atoms with E-state index in [1.807, 2.05) is 87.5 Å². The molecule has 3 aromatic carbocycles. The van der Waals surface area contributed by atoms with E-state index in [4.69, 9.17) is 0 Å². The van der Waals surface area contributed by atoms with Gasteiger partial charge in [-0.2, -0.15) is 0 Å². The van der Waals surface area contributed by atoms with Crippen molar-refractivity contribution in [1.82, 2.24) is 10.2 Å². The third-order valence-corrected chi connectivity index (χ3v) is 6.69. The van der Waals surface area contributed by atoms with Gasteiger partial charge in [0.25, 0.3) is 5.91 Å². The molecule has 188 valence electrons. The lowest BCUT2D eigenvalue weighted by Crippen LogP contribution is -2.49.